The number of piperazine rings is 1. The smallest absolute Gasteiger partial charge is 0.0947 e. The molecule has 0 bridgehead atoms. The first kappa shape index (κ1) is 12.9. The molecule has 1 aromatic rings. The lowest BCUT2D eigenvalue weighted by molar-refractivity contribution is 0.0758. The molecule has 0 spiro atoms. The summed E-state index contributed by atoms with van der Waals surface area (Å²) in [6.07, 6.45) is 6.96. The van der Waals surface area contributed by atoms with Crippen LogP contribution < -0.4 is 0 Å². The number of furan rings is 1. The zero-order valence-corrected chi connectivity index (χ0v) is 11.3. The van der Waals surface area contributed by atoms with Crippen LogP contribution in [0.15, 0.2) is 35.7 Å². The quantitative estimate of drug-likeness (QED) is 0.756. The average Bonchev–Trinajstić information content (AvgIpc) is 3.04. The lowest BCUT2D eigenvalue weighted by atomic mass is 10.1. The largest absolute Gasteiger partial charge is 0.472 e. The van der Waals surface area contributed by atoms with Gasteiger partial charge in [-0.25, -0.2) is 0 Å². The summed E-state index contributed by atoms with van der Waals surface area (Å²) in [5.74, 6) is 0. The monoisotopic (exact) mass is 262 g/mol. The van der Waals surface area contributed by atoms with E-state index in [2.05, 4.69) is 22.4 Å². The zero-order chi connectivity index (χ0) is 13.1. The first-order chi connectivity index (χ1) is 9.35. The Bertz CT molecular complexity index is 404. The van der Waals surface area contributed by atoms with E-state index in [1.807, 2.05) is 12.3 Å². The Hall–Kier alpha value is -1.10. The van der Waals surface area contributed by atoms with Crippen molar-refractivity contribution in [2.24, 2.45) is 0 Å². The Balaban J connectivity index is 1.51. The number of nitrogens with zero attached hydrogens (tertiary/aromatic N) is 2. The molecule has 3 rings (SSSR count). The van der Waals surface area contributed by atoms with Gasteiger partial charge >= 0.3 is 0 Å². The van der Waals surface area contributed by atoms with E-state index >= 15 is 0 Å². The molecule has 2 aliphatic rings. The molecule has 19 heavy (non-hydrogen) atoms. The summed E-state index contributed by atoms with van der Waals surface area (Å²) >= 11 is 0. The van der Waals surface area contributed by atoms with E-state index in [1.54, 1.807) is 6.26 Å². The predicted octanol–water partition coefficient (Wildman–Crippen LogP) is 1.74. The van der Waals surface area contributed by atoms with Crippen molar-refractivity contribution < 1.29 is 9.15 Å². The standard InChI is InChI=1S/C15H22N2O2/c1-2-6-19-15-8-14-10-16(4-5-17(14)11-15)9-13-3-7-18-12-13/h2-3,7,12,14-15H,1,4-6,8-11H2/t14-,15+/m1/s1. The van der Waals surface area contributed by atoms with Crippen LogP contribution in [0.4, 0.5) is 0 Å². The van der Waals surface area contributed by atoms with Gasteiger partial charge in [0.05, 0.1) is 25.2 Å². The predicted molar refractivity (Wildman–Crippen MR) is 73.9 cm³/mol. The summed E-state index contributed by atoms with van der Waals surface area (Å²) in [5, 5.41) is 0. The highest BCUT2D eigenvalue weighted by Gasteiger charge is 2.36. The minimum Gasteiger partial charge on any atom is -0.472 e. The van der Waals surface area contributed by atoms with Crippen molar-refractivity contribution in [1.29, 1.82) is 0 Å². The van der Waals surface area contributed by atoms with Crippen molar-refractivity contribution in [3.05, 3.63) is 36.8 Å². The summed E-state index contributed by atoms with van der Waals surface area (Å²) in [5.41, 5.74) is 1.27. The fourth-order valence-electron chi connectivity index (χ4n) is 3.17. The van der Waals surface area contributed by atoms with Gasteiger partial charge in [0.25, 0.3) is 0 Å². The molecular formula is C15H22N2O2. The van der Waals surface area contributed by atoms with Crippen molar-refractivity contribution in [3.8, 4) is 0 Å². The number of hydrogen-bond donors (Lipinski definition) is 0. The highest BCUT2D eigenvalue weighted by molar-refractivity contribution is 5.05. The molecule has 0 amide bonds. The van der Waals surface area contributed by atoms with Gasteiger partial charge in [0.1, 0.15) is 0 Å². The van der Waals surface area contributed by atoms with Crippen molar-refractivity contribution in [2.45, 2.75) is 25.1 Å². The minimum atomic E-state index is 0.386. The highest BCUT2D eigenvalue weighted by atomic mass is 16.5. The van der Waals surface area contributed by atoms with Gasteiger partial charge in [-0.1, -0.05) is 6.08 Å². The molecule has 0 radical (unpaired) electrons. The molecule has 3 heterocycles. The van der Waals surface area contributed by atoms with Crippen LogP contribution in [0.25, 0.3) is 0 Å². The van der Waals surface area contributed by atoms with E-state index in [-0.39, 0.29) is 0 Å². The maximum atomic E-state index is 5.79. The molecule has 0 unspecified atom stereocenters. The van der Waals surface area contributed by atoms with Crippen LogP contribution in [0.1, 0.15) is 12.0 Å². The molecule has 4 nitrogen and oxygen atoms in total. The summed E-state index contributed by atoms with van der Waals surface area (Å²) in [6.45, 7) is 9.88. The third-order valence-electron chi connectivity index (χ3n) is 4.10. The normalized spacial score (nSPS) is 28.4. The van der Waals surface area contributed by atoms with Crippen molar-refractivity contribution in [1.82, 2.24) is 9.80 Å². The van der Waals surface area contributed by atoms with Crippen molar-refractivity contribution in [3.63, 3.8) is 0 Å². The van der Waals surface area contributed by atoms with Crippen molar-refractivity contribution >= 4 is 0 Å². The molecule has 4 heteroatoms. The van der Waals surface area contributed by atoms with Crippen LogP contribution in [0.3, 0.4) is 0 Å². The van der Waals surface area contributed by atoms with Crippen LogP contribution in [-0.2, 0) is 11.3 Å². The SMILES string of the molecule is C=CCO[C@H]1C[C@@H]2CN(Cc3ccoc3)CCN2C1. The van der Waals surface area contributed by atoms with E-state index in [0.29, 0.717) is 18.8 Å². The zero-order valence-electron chi connectivity index (χ0n) is 11.3. The molecule has 0 saturated carbocycles. The van der Waals surface area contributed by atoms with Gasteiger partial charge in [-0.15, -0.1) is 6.58 Å². The molecule has 2 atom stereocenters. The summed E-state index contributed by atoms with van der Waals surface area (Å²) in [7, 11) is 0. The van der Waals surface area contributed by atoms with E-state index in [1.165, 1.54) is 5.56 Å². The second kappa shape index (κ2) is 5.90. The Morgan fingerprint density at radius 3 is 3.16 bits per heavy atom. The van der Waals surface area contributed by atoms with Crippen LogP contribution in [0, 0.1) is 0 Å². The second-order valence-electron chi connectivity index (χ2n) is 5.50. The molecule has 1 aromatic heterocycles. The lowest BCUT2D eigenvalue weighted by Crippen LogP contribution is -2.49. The summed E-state index contributed by atoms with van der Waals surface area (Å²) in [4.78, 5) is 5.08. The number of ether oxygens (including phenoxy) is 1. The van der Waals surface area contributed by atoms with Crippen LogP contribution >= 0.6 is 0 Å². The second-order valence-corrected chi connectivity index (χ2v) is 5.50. The van der Waals surface area contributed by atoms with Gasteiger partial charge in [-0.2, -0.15) is 0 Å². The summed E-state index contributed by atoms with van der Waals surface area (Å²) in [6, 6.07) is 2.70. The van der Waals surface area contributed by atoms with E-state index in [9.17, 15) is 0 Å². The van der Waals surface area contributed by atoms with Crippen LogP contribution in [-0.4, -0.2) is 54.7 Å². The average molecular weight is 262 g/mol. The lowest BCUT2D eigenvalue weighted by Gasteiger charge is -2.37. The fraction of sp³-hybridized carbons (Fsp3) is 0.600. The molecule has 2 aliphatic heterocycles. The molecule has 2 saturated heterocycles. The van der Waals surface area contributed by atoms with E-state index < -0.39 is 0 Å². The Morgan fingerprint density at radius 2 is 2.37 bits per heavy atom. The van der Waals surface area contributed by atoms with E-state index in [4.69, 9.17) is 9.15 Å². The molecule has 0 N–H and O–H groups in total. The first-order valence-electron chi connectivity index (χ1n) is 7.05. The highest BCUT2D eigenvalue weighted by Crippen LogP contribution is 2.24. The van der Waals surface area contributed by atoms with Crippen molar-refractivity contribution in [2.75, 3.05) is 32.8 Å². The maximum absolute atomic E-state index is 5.79. The van der Waals surface area contributed by atoms with Gasteiger partial charge in [-0.05, 0) is 12.5 Å². The first-order valence-corrected chi connectivity index (χ1v) is 7.05. The topological polar surface area (TPSA) is 28.9 Å². The molecule has 2 fully saturated rings. The maximum Gasteiger partial charge on any atom is 0.0947 e. The Labute approximate surface area is 114 Å². The minimum absolute atomic E-state index is 0.386. The number of rotatable bonds is 5. The third-order valence-corrected chi connectivity index (χ3v) is 4.10. The Morgan fingerprint density at radius 1 is 1.42 bits per heavy atom. The summed E-state index contributed by atoms with van der Waals surface area (Å²) < 4.78 is 10.9. The molecule has 0 aromatic carbocycles. The van der Waals surface area contributed by atoms with Gasteiger partial charge < -0.3 is 9.15 Å². The van der Waals surface area contributed by atoms with Gasteiger partial charge in [0.15, 0.2) is 0 Å². The molecular weight excluding hydrogens is 240 g/mol. The van der Waals surface area contributed by atoms with Crippen LogP contribution in [0.5, 0.6) is 0 Å². The molecule has 0 aliphatic carbocycles. The third kappa shape index (κ3) is 3.08. The number of hydrogen-bond acceptors (Lipinski definition) is 4. The van der Waals surface area contributed by atoms with Gasteiger partial charge in [0, 0.05) is 44.3 Å². The van der Waals surface area contributed by atoms with Gasteiger partial charge in [0.2, 0.25) is 0 Å². The Kier molecular flexibility index (Phi) is 4.01. The van der Waals surface area contributed by atoms with Crippen LogP contribution in [0.2, 0.25) is 0 Å². The fourth-order valence-corrected chi connectivity index (χ4v) is 3.17. The number of fused-ring (bicyclic) bond motifs is 1. The van der Waals surface area contributed by atoms with Gasteiger partial charge in [-0.3, -0.25) is 9.80 Å². The van der Waals surface area contributed by atoms with E-state index in [0.717, 1.165) is 39.1 Å². The molecule has 104 valence electrons.